The molecule has 1 aliphatic rings. The molecule has 1 aromatic rings. The van der Waals surface area contributed by atoms with Gasteiger partial charge in [-0.25, -0.2) is 4.79 Å². The second-order valence-electron chi connectivity index (χ2n) is 4.82. The Kier molecular flexibility index (Phi) is 3.87. The number of hydrogen-bond acceptors (Lipinski definition) is 4. The molecule has 0 unspecified atom stereocenters. The summed E-state index contributed by atoms with van der Waals surface area (Å²) in [7, 11) is 0. The molecule has 4 heteroatoms. The maximum absolute atomic E-state index is 11.8. The minimum absolute atomic E-state index is 0.0140. The quantitative estimate of drug-likeness (QED) is 0.802. The molecule has 0 saturated carbocycles. The van der Waals surface area contributed by atoms with Gasteiger partial charge in [-0.15, -0.1) is 0 Å². The number of aliphatic hydroxyl groups is 1. The van der Waals surface area contributed by atoms with E-state index in [2.05, 4.69) is 0 Å². The van der Waals surface area contributed by atoms with Gasteiger partial charge in [-0.2, -0.15) is 0 Å². The molecule has 0 bridgehead atoms. The van der Waals surface area contributed by atoms with Crippen LogP contribution in [0.25, 0.3) is 0 Å². The van der Waals surface area contributed by atoms with E-state index in [1.165, 1.54) is 6.07 Å². The van der Waals surface area contributed by atoms with Crippen LogP contribution in [-0.4, -0.2) is 28.4 Å². The van der Waals surface area contributed by atoms with Gasteiger partial charge in [0, 0.05) is 6.42 Å². The third-order valence-corrected chi connectivity index (χ3v) is 3.20. The lowest BCUT2D eigenvalue weighted by Crippen LogP contribution is -2.27. The molecule has 4 nitrogen and oxygen atoms in total. The van der Waals surface area contributed by atoms with Crippen LogP contribution < -0.4 is 0 Å². The van der Waals surface area contributed by atoms with Crippen LogP contribution in [-0.2, 0) is 11.2 Å². The number of esters is 1. The van der Waals surface area contributed by atoms with Crippen LogP contribution in [0.2, 0.25) is 0 Å². The molecule has 1 heterocycles. The van der Waals surface area contributed by atoms with E-state index < -0.39 is 5.97 Å². The molecule has 2 N–H and O–H groups in total. The first kappa shape index (κ1) is 12.9. The SMILES string of the molecule is C[C@@H](O)CCC[C@H]1Cc2cccc(O)c2C(=O)O1. The molecule has 1 aromatic carbocycles. The van der Waals surface area contributed by atoms with Crippen molar-refractivity contribution in [2.45, 2.75) is 44.8 Å². The van der Waals surface area contributed by atoms with Crippen molar-refractivity contribution in [3.63, 3.8) is 0 Å². The van der Waals surface area contributed by atoms with E-state index in [1.807, 2.05) is 6.07 Å². The minimum Gasteiger partial charge on any atom is -0.507 e. The van der Waals surface area contributed by atoms with Crippen molar-refractivity contribution in [2.24, 2.45) is 0 Å². The third-order valence-electron chi connectivity index (χ3n) is 3.20. The fraction of sp³-hybridized carbons (Fsp3) is 0.500. The van der Waals surface area contributed by atoms with Crippen molar-refractivity contribution in [1.29, 1.82) is 0 Å². The van der Waals surface area contributed by atoms with Crippen molar-refractivity contribution in [1.82, 2.24) is 0 Å². The molecule has 0 aromatic heterocycles. The number of benzene rings is 1. The molecule has 0 spiro atoms. The van der Waals surface area contributed by atoms with Gasteiger partial charge < -0.3 is 14.9 Å². The van der Waals surface area contributed by atoms with Crippen molar-refractivity contribution < 1.29 is 19.7 Å². The van der Waals surface area contributed by atoms with Crippen LogP contribution >= 0.6 is 0 Å². The molecule has 0 radical (unpaired) electrons. The fourth-order valence-corrected chi connectivity index (χ4v) is 2.29. The Hall–Kier alpha value is -1.55. The van der Waals surface area contributed by atoms with Crippen LogP contribution in [0.4, 0.5) is 0 Å². The molecule has 1 aliphatic heterocycles. The van der Waals surface area contributed by atoms with E-state index in [1.54, 1.807) is 13.0 Å². The second kappa shape index (κ2) is 5.40. The predicted octanol–water partition coefficient (Wildman–Crippen LogP) is 2.02. The van der Waals surface area contributed by atoms with E-state index in [9.17, 15) is 15.0 Å². The van der Waals surface area contributed by atoms with Gasteiger partial charge in [0.2, 0.25) is 0 Å². The number of aromatic hydroxyl groups is 1. The Morgan fingerprint density at radius 3 is 3.00 bits per heavy atom. The largest absolute Gasteiger partial charge is 0.507 e. The zero-order chi connectivity index (χ0) is 13.1. The zero-order valence-electron chi connectivity index (χ0n) is 10.4. The Balaban J connectivity index is 2.02. The monoisotopic (exact) mass is 250 g/mol. The molecule has 0 amide bonds. The number of hydrogen-bond donors (Lipinski definition) is 2. The van der Waals surface area contributed by atoms with Crippen LogP contribution in [0.15, 0.2) is 18.2 Å². The number of aliphatic hydroxyl groups excluding tert-OH is 1. The molecular formula is C14H18O4. The Labute approximate surface area is 106 Å². The lowest BCUT2D eigenvalue weighted by molar-refractivity contribution is 0.0221. The number of phenolic OH excluding ortho intramolecular Hbond substituents is 1. The van der Waals surface area contributed by atoms with Gasteiger partial charge in [-0.1, -0.05) is 12.1 Å². The van der Waals surface area contributed by atoms with E-state index in [0.717, 1.165) is 18.4 Å². The van der Waals surface area contributed by atoms with Gasteiger partial charge in [0.1, 0.15) is 17.4 Å². The molecular weight excluding hydrogens is 232 g/mol. The highest BCUT2D eigenvalue weighted by molar-refractivity contribution is 5.95. The van der Waals surface area contributed by atoms with Crippen LogP contribution in [0, 0.1) is 0 Å². The normalized spacial score (nSPS) is 20.1. The van der Waals surface area contributed by atoms with E-state index >= 15 is 0 Å². The van der Waals surface area contributed by atoms with Gasteiger partial charge in [-0.3, -0.25) is 0 Å². The molecule has 0 fully saturated rings. The van der Waals surface area contributed by atoms with Crippen molar-refractivity contribution in [2.75, 3.05) is 0 Å². The summed E-state index contributed by atoms with van der Waals surface area (Å²) in [5.41, 5.74) is 1.14. The Morgan fingerprint density at radius 2 is 2.28 bits per heavy atom. The van der Waals surface area contributed by atoms with Crippen LogP contribution in [0.1, 0.15) is 42.1 Å². The Bertz CT molecular complexity index is 439. The average molecular weight is 250 g/mol. The number of carbonyl (C=O) groups excluding carboxylic acids is 1. The van der Waals surface area contributed by atoms with E-state index in [4.69, 9.17) is 4.74 Å². The van der Waals surface area contributed by atoms with Crippen molar-refractivity contribution >= 4 is 5.97 Å². The average Bonchev–Trinajstić information content (AvgIpc) is 2.28. The third kappa shape index (κ3) is 2.82. The smallest absolute Gasteiger partial charge is 0.342 e. The highest BCUT2D eigenvalue weighted by Crippen LogP contribution is 2.29. The first-order valence-electron chi connectivity index (χ1n) is 6.28. The highest BCUT2D eigenvalue weighted by atomic mass is 16.5. The van der Waals surface area contributed by atoms with Gasteiger partial charge in [0.05, 0.1) is 6.10 Å². The zero-order valence-corrected chi connectivity index (χ0v) is 10.4. The summed E-state index contributed by atoms with van der Waals surface area (Å²) >= 11 is 0. The van der Waals surface area contributed by atoms with Crippen molar-refractivity contribution in [3.8, 4) is 5.75 Å². The van der Waals surface area contributed by atoms with E-state index in [-0.39, 0.29) is 18.0 Å². The van der Waals surface area contributed by atoms with E-state index in [0.29, 0.717) is 18.4 Å². The highest BCUT2D eigenvalue weighted by Gasteiger charge is 2.28. The molecule has 0 saturated heterocycles. The van der Waals surface area contributed by atoms with Gasteiger partial charge in [0.25, 0.3) is 0 Å². The minimum atomic E-state index is -0.448. The topological polar surface area (TPSA) is 66.8 Å². The summed E-state index contributed by atoms with van der Waals surface area (Å²) in [6, 6.07) is 5.07. The summed E-state index contributed by atoms with van der Waals surface area (Å²) in [5, 5.41) is 18.8. The molecule has 2 rings (SSSR count). The summed E-state index contributed by atoms with van der Waals surface area (Å²) in [4.78, 5) is 11.8. The molecule has 98 valence electrons. The summed E-state index contributed by atoms with van der Waals surface area (Å²) in [6.45, 7) is 1.75. The lowest BCUT2D eigenvalue weighted by atomic mass is 9.95. The van der Waals surface area contributed by atoms with Crippen LogP contribution in [0.5, 0.6) is 5.75 Å². The Morgan fingerprint density at radius 1 is 1.50 bits per heavy atom. The van der Waals surface area contributed by atoms with Gasteiger partial charge >= 0.3 is 5.97 Å². The van der Waals surface area contributed by atoms with Gasteiger partial charge in [0.15, 0.2) is 0 Å². The van der Waals surface area contributed by atoms with Gasteiger partial charge in [-0.05, 0) is 37.8 Å². The lowest BCUT2D eigenvalue weighted by Gasteiger charge is -2.25. The maximum atomic E-state index is 11.8. The fourth-order valence-electron chi connectivity index (χ4n) is 2.29. The first-order valence-corrected chi connectivity index (χ1v) is 6.28. The molecule has 18 heavy (non-hydrogen) atoms. The molecule has 0 aliphatic carbocycles. The number of ether oxygens (including phenoxy) is 1. The predicted molar refractivity (Wildman–Crippen MR) is 66.5 cm³/mol. The molecule has 2 atom stereocenters. The number of carbonyl (C=O) groups is 1. The summed E-state index contributed by atoms with van der Waals surface area (Å²) in [5.74, 6) is -0.462. The first-order chi connectivity index (χ1) is 8.58. The summed E-state index contributed by atoms with van der Waals surface area (Å²) < 4.78 is 5.29. The standard InChI is InChI=1S/C14H18O4/c1-9(15)4-2-6-11-8-10-5-3-7-12(16)13(10)14(17)18-11/h3,5,7,9,11,15-16H,2,4,6,8H2,1H3/t9-,11+/m1/s1. The number of phenols is 1. The number of rotatable bonds is 4. The second-order valence-corrected chi connectivity index (χ2v) is 4.82. The summed E-state index contributed by atoms with van der Waals surface area (Å²) in [6.07, 6.45) is 2.44. The maximum Gasteiger partial charge on any atom is 0.342 e. The number of cyclic esters (lactones) is 1. The van der Waals surface area contributed by atoms with Crippen LogP contribution in [0.3, 0.4) is 0 Å². The number of fused-ring (bicyclic) bond motifs is 1. The van der Waals surface area contributed by atoms with Crippen molar-refractivity contribution in [3.05, 3.63) is 29.3 Å².